The van der Waals surface area contributed by atoms with Crippen molar-refractivity contribution in [2.24, 2.45) is 10.2 Å². The zero-order valence-electron chi connectivity index (χ0n) is 25.8. The predicted octanol–water partition coefficient (Wildman–Crippen LogP) is 10.2. The smallest absolute Gasteiger partial charge is 0.208 e. The number of rotatable bonds is 7. The second kappa shape index (κ2) is 15.7. The summed E-state index contributed by atoms with van der Waals surface area (Å²) in [6, 6.07) is 20.9. The molecular formula is C36H28Cl2F4N4O. The molecule has 0 aliphatic heterocycles. The Kier molecular flexibility index (Phi) is 11.7. The van der Waals surface area contributed by atoms with E-state index in [1.807, 2.05) is 0 Å². The first-order valence-electron chi connectivity index (χ1n) is 14.2. The van der Waals surface area contributed by atoms with E-state index in [9.17, 15) is 22.4 Å². The third-order valence-electron chi connectivity index (χ3n) is 6.97. The molecule has 0 aliphatic carbocycles. The Morgan fingerprint density at radius 3 is 1.64 bits per heavy atom. The molecule has 1 heterocycles. The minimum Gasteiger partial charge on any atom is -0.287 e. The van der Waals surface area contributed by atoms with Gasteiger partial charge in [0.15, 0.2) is 0 Å². The van der Waals surface area contributed by atoms with Crippen LogP contribution in [-0.2, 0) is 6.42 Å². The first-order chi connectivity index (χ1) is 22.4. The van der Waals surface area contributed by atoms with Gasteiger partial charge in [0, 0.05) is 44.4 Å². The van der Waals surface area contributed by atoms with Crippen LogP contribution in [0.4, 0.5) is 17.6 Å². The Labute approximate surface area is 279 Å². The molecule has 5 nitrogen and oxygen atoms in total. The SMILES string of the molecule is C/C(Cc1c(F)cccc1F)=N/N=C(/C)C(=O)c1ccc(Cl)cc1.Cc1nnc(C)c(-c2c(F)cccc2F)c1-c1ccc(Cl)cc1. The van der Waals surface area contributed by atoms with Crippen LogP contribution in [0, 0.1) is 37.1 Å². The van der Waals surface area contributed by atoms with Crippen molar-refractivity contribution in [2.45, 2.75) is 34.1 Å². The van der Waals surface area contributed by atoms with Gasteiger partial charge in [-0.1, -0.05) is 47.5 Å². The molecule has 0 spiro atoms. The molecular weight excluding hydrogens is 651 g/mol. The Balaban J connectivity index is 0.000000213. The number of Topliss-reactive ketones (excluding diaryl/α,β-unsaturated/α-hetero) is 1. The highest BCUT2D eigenvalue weighted by Gasteiger charge is 2.21. The molecule has 0 atom stereocenters. The van der Waals surface area contributed by atoms with Crippen molar-refractivity contribution in [3.8, 4) is 22.3 Å². The van der Waals surface area contributed by atoms with E-state index < -0.39 is 23.3 Å². The summed E-state index contributed by atoms with van der Waals surface area (Å²) < 4.78 is 55.8. The van der Waals surface area contributed by atoms with Crippen LogP contribution in [0.15, 0.2) is 95.1 Å². The van der Waals surface area contributed by atoms with Gasteiger partial charge in [0.05, 0.1) is 17.0 Å². The molecule has 0 radical (unpaired) electrons. The van der Waals surface area contributed by atoms with E-state index in [1.165, 1.54) is 43.3 Å². The van der Waals surface area contributed by atoms with Gasteiger partial charge in [0.2, 0.25) is 5.78 Å². The molecule has 0 fully saturated rings. The van der Waals surface area contributed by atoms with E-state index >= 15 is 0 Å². The maximum Gasteiger partial charge on any atom is 0.208 e. The second-order valence-electron chi connectivity index (χ2n) is 10.5. The Hall–Kier alpha value is -4.73. The number of ketones is 1. The molecule has 0 unspecified atom stereocenters. The van der Waals surface area contributed by atoms with Crippen molar-refractivity contribution in [3.05, 3.63) is 141 Å². The molecule has 11 heteroatoms. The molecule has 5 aromatic rings. The summed E-state index contributed by atoms with van der Waals surface area (Å²) >= 11 is 11.7. The number of benzene rings is 4. The van der Waals surface area contributed by atoms with Crippen LogP contribution in [0.1, 0.15) is 41.2 Å². The van der Waals surface area contributed by atoms with Crippen molar-refractivity contribution in [3.63, 3.8) is 0 Å². The number of hydrogen-bond donors (Lipinski definition) is 0. The summed E-state index contributed by atoms with van der Waals surface area (Å²) in [5.41, 5.74) is 3.74. The largest absolute Gasteiger partial charge is 0.287 e. The monoisotopic (exact) mass is 678 g/mol. The van der Waals surface area contributed by atoms with Gasteiger partial charge in [-0.3, -0.25) is 4.79 Å². The van der Waals surface area contributed by atoms with Gasteiger partial charge in [-0.05, 0) is 93.9 Å². The molecule has 0 bridgehead atoms. The maximum absolute atomic E-state index is 14.3. The first kappa shape index (κ1) is 35.1. The first-order valence-corrected chi connectivity index (χ1v) is 15.0. The lowest BCUT2D eigenvalue weighted by Gasteiger charge is -2.15. The molecule has 1 aromatic heterocycles. The van der Waals surface area contributed by atoms with Gasteiger partial charge in [-0.15, -0.1) is 0 Å². The zero-order chi connectivity index (χ0) is 34.2. The molecule has 4 aromatic carbocycles. The van der Waals surface area contributed by atoms with Crippen LogP contribution < -0.4 is 0 Å². The average Bonchev–Trinajstić information content (AvgIpc) is 3.04. The Morgan fingerprint density at radius 2 is 1.11 bits per heavy atom. The van der Waals surface area contributed by atoms with E-state index in [1.54, 1.807) is 69.3 Å². The molecule has 0 aliphatic rings. The van der Waals surface area contributed by atoms with Gasteiger partial charge >= 0.3 is 0 Å². The molecule has 0 saturated carbocycles. The summed E-state index contributed by atoms with van der Waals surface area (Å²) in [5, 5.41) is 17.0. The van der Waals surface area contributed by atoms with Gasteiger partial charge in [0.25, 0.3) is 0 Å². The molecule has 47 heavy (non-hydrogen) atoms. The van der Waals surface area contributed by atoms with Crippen LogP contribution in [-0.4, -0.2) is 27.4 Å². The number of carbonyl (C=O) groups excluding carboxylic acids is 1. The van der Waals surface area contributed by atoms with Crippen molar-refractivity contribution in [1.29, 1.82) is 0 Å². The van der Waals surface area contributed by atoms with E-state index in [0.717, 1.165) is 5.56 Å². The zero-order valence-corrected chi connectivity index (χ0v) is 27.3. The van der Waals surface area contributed by atoms with Crippen LogP contribution in [0.5, 0.6) is 0 Å². The molecule has 0 saturated heterocycles. The molecule has 5 rings (SSSR count). The average molecular weight is 680 g/mol. The fourth-order valence-corrected chi connectivity index (χ4v) is 4.88. The van der Waals surface area contributed by atoms with Crippen molar-refractivity contribution < 1.29 is 22.4 Å². The summed E-state index contributed by atoms with van der Waals surface area (Å²) in [6.07, 6.45) is -0.0234. The van der Waals surface area contributed by atoms with Crippen LogP contribution in [0.3, 0.4) is 0 Å². The Morgan fingerprint density at radius 1 is 0.638 bits per heavy atom. The number of nitrogens with zero attached hydrogens (tertiary/aromatic N) is 4. The topological polar surface area (TPSA) is 67.6 Å². The second-order valence-corrected chi connectivity index (χ2v) is 11.3. The van der Waals surface area contributed by atoms with Crippen LogP contribution >= 0.6 is 23.2 Å². The highest BCUT2D eigenvalue weighted by atomic mass is 35.5. The fraction of sp³-hybridized carbons (Fsp3) is 0.139. The summed E-state index contributed by atoms with van der Waals surface area (Å²) in [4.78, 5) is 12.2. The third kappa shape index (κ3) is 8.75. The van der Waals surface area contributed by atoms with Crippen LogP contribution in [0.2, 0.25) is 10.0 Å². The third-order valence-corrected chi connectivity index (χ3v) is 7.47. The minimum absolute atomic E-state index is 0.0234. The van der Waals surface area contributed by atoms with E-state index in [-0.39, 0.29) is 29.0 Å². The number of aromatic nitrogens is 2. The lowest BCUT2D eigenvalue weighted by molar-refractivity contribution is 0.106. The highest BCUT2D eigenvalue weighted by molar-refractivity contribution is 6.45. The van der Waals surface area contributed by atoms with E-state index in [2.05, 4.69) is 20.4 Å². The number of hydrogen-bond acceptors (Lipinski definition) is 5. The van der Waals surface area contributed by atoms with Crippen molar-refractivity contribution in [2.75, 3.05) is 0 Å². The van der Waals surface area contributed by atoms with Gasteiger partial charge in [0.1, 0.15) is 29.0 Å². The van der Waals surface area contributed by atoms with Gasteiger partial charge in [-0.25, -0.2) is 17.6 Å². The van der Waals surface area contributed by atoms with Crippen LogP contribution in [0.25, 0.3) is 22.3 Å². The fourth-order valence-electron chi connectivity index (χ4n) is 4.63. The maximum atomic E-state index is 14.3. The Bertz CT molecular complexity index is 1940. The summed E-state index contributed by atoms with van der Waals surface area (Å²) in [7, 11) is 0. The predicted molar refractivity (Wildman–Crippen MR) is 179 cm³/mol. The van der Waals surface area contributed by atoms with Crippen molar-refractivity contribution in [1.82, 2.24) is 10.2 Å². The number of aryl methyl sites for hydroxylation is 2. The summed E-state index contributed by atoms with van der Waals surface area (Å²) in [6.45, 7) is 6.57. The lowest BCUT2D eigenvalue weighted by Crippen LogP contribution is -2.10. The molecule has 0 N–H and O–H groups in total. The van der Waals surface area contributed by atoms with E-state index in [0.29, 0.717) is 43.8 Å². The number of carbonyl (C=O) groups is 1. The standard InChI is InChI=1S/C18H15ClF2N2O.C18H13ClF2N2/c1-11(10-15-16(20)4-3-5-17(15)21)22-23-12(2)18(24)13-6-8-14(19)9-7-13;1-10-16(12-6-8-13(19)9-7-12)17(11(2)23-22-10)18-14(20)4-3-5-15(18)21/h3-9H,10H2,1-2H3;3-9H,1-2H3/b22-11-,23-12-;. The molecule has 0 amide bonds. The van der Waals surface area contributed by atoms with Gasteiger partial charge in [-0.2, -0.15) is 20.4 Å². The lowest BCUT2D eigenvalue weighted by atomic mass is 9.92. The van der Waals surface area contributed by atoms with E-state index in [4.69, 9.17) is 23.2 Å². The molecule has 240 valence electrons. The van der Waals surface area contributed by atoms with Crippen molar-refractivity contribution >= 4 is 40.4 Å². The normalized spacial score (nSPS) is 11.6. The summed E-state index contributed by atoms with van der Waals surface area (Å²) in [5.74, 6) is -2.82. The number of halogens is 6. The highest BCUT2D eigenvalue weighted by Crippen LogP contribution is 2.38. The quantitative estimate of drug-likeness (QED) is 0.0744. The van der Waals surface area contributed by atoms with Gasteiger partial charge < -0.3 is 0 Å². The minimum atomic E-state index is -0.637.